The topological polar surface area (TPSA) is 21.3 Å². The molecule has 18 heavy (non-hydrogen) atoms. The van der Waals surface area contributed by atoms with Crippen LogP contribution in [0.25, 0.3) is 0 Å². The summed E-state index contributed by atoms with van der Waals surface area (Å²) < 4.78 is 5.72. The molecule has 0 spiro atoms. The molecule has 1 aliphatic heterocycles. The Hall–Kier alpha value is -1.02. The Balaban J connectivity index is 1.90. The summed E-state index contributed by atoms with van der Waals surface area (Å²) in [6.45, 7) is 7.63. The van der Waals surface area contributed by atoms with Crippen molar-refractivity contribution in [2.24, 2.45) is 5.92 Å². The Morgan fingerprint density at radius 1 is 1.39 bits per heavy atom. The summed E-state index contributed by atoms with van der Waals surface area (Å²) in [6.07, 6.45) is 3.72. The predicted octanol–water partition coefficient (Wildman–Crippen LogP) is 3.58. The van der Waals surface area contributed by atoms with Gasteiger partial charge in [0.25, 0.3) is 0 Å². The van der Waals surface area contributed by atoms with Crippen LogP contribution in [0.3, 0.4) is 0 Å². The van der Waals surface area contributed by atoms with Gasteiger partial charge in [0.1, 0.15) is 5.75 Å². The second-order valence-electron chi connectivity index (χ2n) is 5.35. The minimum absolute atomic E-state index is 0.687. The molecule has 1 aromatic rings. The van der Waals surface area contributed by atoms with Crippen LogP contribution in [0.2, 0.25) is 0 Å². The Bertz CT molecular complexity index is 364. The molecule has 2 nitrogen and oxygen atoms in total. The smallest absolute Gasteiger partial charge is 0.122 e. The van der Waals surface area contributed by atoms with Crippen molar-refractivity contribution in [1.29, 1.82) is 0 Å². The van der Waals surface area contributed by atoms with Crippen LogP contribution in [0, 0.1) is 5.92 Å². The number of para-hydroxylation sites is 1. The normalized spacial score (nSPS) is 20.0. The minimum Gasteiger partial charge on any atom is -0.493 e. The standard InChI is InChI=1S/C16H25NO/c1-3-17-10-8-13(2)12-14-9-11-18-16-7-5-4-6-15(14)16/h4-7,13-14,17H,3,8-12H2,1-2H3. The van der Waals surface area contributed by atoms with Crippen molar-refractivity contribution >= 4 is 0 Å². The number of rotatable bonds is 6. The largest absolute Gasteiger partial charge is 0.493 e. The number of hydrogen-bond donors (Lipinski definition) is 1. The molecule has 2 atom stereocenters. The van der Waals surface area contributed by atoms with Crippen molar-refractivity contribution in [3.8, 4) is 5.75 Å². The zero-order chi connectivity index (χ0) is 12.8. The van der Waals surface area contributed by atoms with E-state index in [2.05, 4.69) is 43.4 Å². The van der Waals surface area contributed by atoms with Crippen molar-refractivity contribution in [3.63, 3.8) is 0 Å². The van der Waals surface area contributed by atoms with Crippen LogP contribution >= 0.6 is 0 Å². The minimum atomic E-state index is 0.687. The molecule has 1 heterocycles. The summed E-state index contributed by atoms with van der Waals surface area (Å²) in [7, 11) is 0. The second kappa shape index (κ2) is 6.79. The van der Waals surface area contributed by atoms with E-state index in [9.17, 15) is 0 Å². The average Bonchev–Trinajstić information content (AvgIpc) is 2.39. The molecular formula is C16H25NO. The molecule has 0 saturated heterocycles. The Morgan fingerprint density at radius 2 is 2.22 bits per heavy atom. The summed E-state index contributed by atoms with van der Waals surface area (Å²) in [5.74, 6) is 2.57. The van der Waals surface area contributed by atoms with Gasteiger partial charge < -0.3 is 10.1 Å². The van der Waals surface area contributed by atoms with E-state index in [0.29, 0.717) is 5.92 Å². The maximum Gasteiger partial charge on any atom is 0.122 e. The monoisotopic (exact) mass is 247 g/mol. The van der Waals surface area contributed by atoms with Crippen LogP contribution in [0.15, 0.2) is 24.3 Å². The molecule has 2 heteroatoms. The Labute approximate surface area is 111 Å². The number of fused-ring (bicyclic) bond motifs is 1. The molecule has 100 valence electrons. The lowest BCUT2D eigenvalue weighted by molar-refractivity contribution is 0.252. The number of ether oxygens (including phenoxy) is 1. The molecule has 0 radical (unpaired) electrons. The van der Waals surface area contributed by atoms with Crippen LogP contribution in [0.5, 0.6) is 5.75 Å². The number of hydrogen-bond acceptors (Lipinski definition) is 2. The number of nitrogens with one attached hydrogen (secondary N) is 1. The third kappa shape index (κ3) is 3.49. The van der Waals surface area contributed by atoms with E-state index in [0.717, 1.165) is 31.4 Å². The first-order chi connectivity index (χ1) is 8.81. The summed E-state index contributed by atoms with van der Waals surface area (Å²) in [5, 5.41) is 3.41. The molecular weight excluding hydrogens is 222 g/mol. The van der Waals surface area contributed by atoms with Crippen LogP contribution in [0.1, 0.15) is 44.6 Å². The fraction of sp³-hybridized carbons (Fsp3) is 0.625. The van der Waals surface area contributed by atoms with E-state index < -0.39 is 0 Å². The van der Waals surface area contributed by atoms with Crippen LogP contribution in [0.4, 0.5) is 0 Å². The van der Waals surface area contributed by atoms with E-state index >= 15 is 0 Å². The van der Waals surface area contributed by atoms with Crippen molar-refractivity contribution in [3.05, 3.63) is 29.8 Å². The van der Waals surface area contributed by atoms with Crippen LogP contribution < -0.4 is 10.1 Å². The summed E-state index contributed by atoms with van der Waals surface area (Å²) >= 11 is 0. The molecule has 1 N–H and O–H groups in total. The van der Waals surface area contributed by atoms with Crippen molar-refractivity contribution in [1.82, 2.24) is 5.32 Å². The molecule has 0 amide bonds. The van der Waals surface area contributed by atoms with Gasteiger partial charge in [0.05, 0.1) is 6.61 Å². The molecule has 1 aliphatic rings. The van der Waals surface area contributed by atoms with Gasteiger partial charge in [-0.2, -0.15) is 0 Å². The van der Waals surface area contributed by atoms with Crippen molar-refractivity contribution in [2.45, 2.75) is 39.0 Å². The molecule has 0 saturated carbocycles. The average molecular weight is 247 g/mol. The lowest BCUT2D eigenvalue weighted by Crippen LogP contribution is -2.19. The van der Waals surface area contributed by atoms with Crippen LogP contribution in [-0.4, -0.2) is 19.7 Å². The quantitative estimate of drug-likeness (QED) is 0.776. The molecule has 2 unspecified atom stereocenters. The first-order valence-electron chi connectivity index (χ1n) is 7.23. The second-order valence-corrected chi connectivity index (χ2v) is 5.35. The third-order valence-corrected chi connectivity index (χ3v) is 3.83. The lowest BCUT2D eigenvalue weighted by atomic mass is 9.84. The summed E-state index contributed by atoms with van der Waals surface area (Å²) in [4.78, 5) is 0. The Kier molecular flexibility index (Phi) is 5.06. The van der Waals surface area contributed by atoms with Gasteiger partial charge in [-0.15, -0.1) is 0 Å². The summed E-state index contributed by atoms with van der Waals surface area (Å²) in [6, 6.07) is 8.53. The van der Waals surface area contributed by atoms with Gasteiger partial charge in [-0.3, -0.25) is 0 Å². The fourth-order valence-corrected chi connectivity index (χ4v) is 2.79. The maximum atomic E-state index is 5.72. The van der Waals surface area contributed by atoms with Gasteiger partial charge in [-0.1, -0.05) is 32.0 Å². The molecule has 0 fully saturated rings. The van der Waals surface area contributed by atoms with E-state index in [1.165, 1.54) is 24.8 Å². The zero-order valence-electron chi connectivity index (χ0n) is 11.6. The molecule has 0 aliphatic carbocycles. The molecule has 1 aromatic carbocycles. The first kappa shape index (κ1) is 13.4. The zero-order valence-corrected chi connectivity index (χ0v) is 11.6. The first-order valence-corrected chi connectivity index (χ1v) is 7.23. The van der Waals surface area contributed by atoms with Gasteiger partial charge in [-0.25, -0.2) is 0 Å². The van der Waals surface area contributed by atoms with E-state index in [1.54, 1.807) is 0 Å². The van der Waals surface area contributed by atoms with Crippen LogP contribution in [-0.2, 0) is 0 Å². The van der Waals surface area contributed by atoms with E-state index in [4.69, 9.17) is 4.74 Å². The van der Waals surface area contributed by atoms with E-state index in [1.807, 2.05) is 0 Å². The summed E-state index contributed by atoms with van der Waals surface area (Å²) in [5.41, 5.74) is 1.42. The van der Waals surface area contributed by atoms with Gasteiger partial charge in [-0.05, 0) is 55.8 Å². The lowest BCUT2D eigenvalue weighted by Gasteiger charge is -2.28. The number of benzene rings is 1. The van der Waals surface area contributed by atoms with E-state index in [-0.39, 0.29) is 0 Å². The fourth-order valence-electron chi connectivity index (χ4n) is 2.79. The van der Waals surface area contributed by atoms with Gasteiger partial charge in [0, 0.05) is 0 Å². The predicted molar refractivity (Wildman–Crippen MR) is 76.2 cm³/mol. The maximum absolute atomic E-state index is 5.72. The molecule has 0 bridgehead atoms. The molecule has 2 rings (SSSR count). The highest BCUT2D eigenvalue weighted by molar-refractivity contribution is 5.37. The highest BCUT2D eigenvalue weighted by Gasteiger charge is 2.22. The Morgan fingerprint density at radius 3 is 3.06 bits per heavy atom. The van der Waals surface area contributed by atoms with Gasteiger partial charge >= 0.3 is 0 Å². The van der Waals surface area contributed by atoms with Crippen molar-refractivity contribution in [2.75, 3.05) is 19.7 Å². The van der Waals surface area contributed by atoms with Gasteiger partial charge in [0.2, 0.25) is 0 Å². The van der Waals surface area contributed by atoms with Gasteiger partial charge in [0.15, 0.2) is 0 Å². The third-order valence-electron chi connectivity index (χ3n) is 3.83. The highest BCUT2D eigenvalue weighted by atomic mass is 16.5. The molecule has 0 aromatic heterocycles. The highest BCUT2D eigenvalue weighted by Crippen LogP contribution is 2.37. The SMILES string of the molecule is CCNCCC(C)CC1CCOc2ccccc21. The van der Waals surface area contributed by atoms with Crippen molar-refractivity contribution < 1.29 is 4.74 Å².